The van der Waals surface area contributed by atoms with Crippen LogP contribution in [0.3, 0.4) is 0 Å². The first-order valence-corrected chi connectivity index (χ1v) is 5.84. The van der Waals surface area contributed by atoms with Crippen molar-refractivity contribution in [3.8, 4) is 6.07 Å². The molecule has 0 bridgehead atoms. The zero-order chi connectivity index (χ0) is 12.8. The molecule has 0 aliphatic rings. The van der Waals surface area contributed by atoms with Crippen LogP contribution < -0.4 is 0 Å². The van der Waals surface area contributed by atoms with Crippen molar-refractivity contribution < 1.29 is 4.79 Å². The van der Waals surface area contributed by atoms with Crippen LogP contribution in [-0.2, 0) is 6.42 Å². The van der Waals surface area contributed by atoms with Crippen molar-refractivity contribution >= 4 is 5.78 Å². The molecule has 0 aliphatic heterocycles. The van der Waals surface area contributed by atoms with Crippen LogP contribution in [0.1, 0.15) is 15.9 Å². The van der Waals surface area contributed by atoms with E-state index in [1.807, 2.05) is 48.5 Å². The summed E-state index contributed by atoms with van der Waals surface area (Å²) in [5.41, 5.74) is 1.60. The second kappa shape index (κ2) is 5.79. The molecule has 18 heavy (non-hydrogen) atoms. The zero-order valence-corrected chi connectivity index (χ0v) is 9.91. The van der Waals surface area contributed by atoms with Gasteiger partial charge in [0.1, 0.15) is 5.92 Å². The van der Waals surface area contributed by atoms with Gasteiger partial charge in [-0.3, -0.25) is 4.79 Å². The fourth-order valence-corrected chi connectivity index (χ4v) is 1.85. The molecule has 0 heterocycles. The van der Waals surface area contributed by atoms with Crippen molar-refractivity contribution in [2.24, 2.45) is 5.92 Å². The SMILES string of the molecule is N#CC(Cc1ccccc1)C(=O)c1ccccc1. The number of carbonyl (C=O) groups excluding carboxylic acids is 1. The van der Waals surface area contributed by atoms with Gasteiger partial charge in [-0.25, -0.2) is 0 Å². The highest BCUT2D eigenvalue weighted by atomic mass is 16.1. The predicted molar refractivity (Wildman–Crippen MR) is 70.0 cm³/mol. The molecule has 0 aromatic heterocycles. The van der Waals surface area contributed by atoms with Crippen LogP contribution in [0.2, 0.25) is 0 Å². The van der Waals surface area contributed by atoms with Gasteiger partial charge in [-0.1, -0.05) is 60.7 Å². The van der Waals surface area contributed by atoms with Crippen LogP contribution in [0.5, 0.6) is 0 Å². The summed E-state index contributed by atoms with van der Waals surface area (Å²) in [6.07, 6.45) is 0.463. The lowest BCUT2D eigenvalue weighted by Crippen LogP contribution is -2.15. The minimum atomic E-state index is -0.616. The van der Waals surface area contributed by atoms with E-state index in [-0.39, 0.29) is 5.78 Å². The Morgan fingerprint density at radius 1 is 1.00 bits per heavy atom. The Bertz CT molecular complexity index is 555. The summed E-state index contributed by atoms with van der Waals surface area (Å²) in [4.78, 5) is 12.2. The van der Waals surface area contributed by atoms with Crippen molar-refractivity contribution in [1.82, 2.24) is 0 Å². The standard InChI is InChI=1S/C16H13NO/c17-12-15(11-13-7-3-1-4-8-13)16(18)14-9-5-2-6-10-14/h1-10,15H,11H2. The quantitative estimate of drug-likeness (QED) is 0.763. The molecule has 0 radical (unpaired) electrons. The smallest absolute Gasteiger partial charge is 0.180 e. The Morgan fingerprint density at radius 3 is 2.11 bits per heavy atom. The Hall–Kier alpha value is -2.40. The Kier molecular flexibility index (Phi) is 3.88. The summed E-state index contributed by atoms with van der Waals surface area (Å²) in [6, 6.07) is 20.7. The summed E-state index contributed by atoms with van der Waals surface area (Å²) < 4.78 is 0. The summed E-state index contributed by atoms with van der Waals surface area (Å²) in [5.74, 6) is -0.725. The number of nitriles is 1. The van der Waals surface area contributed by atoms with Gasteiger partial charge in [0.25, 0.3) is 0 Å². The first-order valence-electron chi connectivity index (χ1n) is 5.84. The average Bonchev–Trinajstić information content (AvgIpc) is 2.46. The number of ketones is 1. The van der Waals surface area contributed by atoms with Crippen LogP contribution >= 0.6 is 0 Å². The largest absolute Gasteiger partial charge is 0.293 e. The number of nitrogens with zero attached hydrogens (tertiary/aromatic N) is 1. The molecule has 88 valence electrons. The fourth-order valence-electron chi connectivity index (χ4n) is 1.85. The van der Waals surface area contributed by atoms with Crippen LogP contribution in [0.4, 0.5) is 0 Å². The summed E-state index contributed by atoms with van der Waals surface area (Å²) in [6.45, 7) is 0. The van der Waals surface area contributed by atoms with Gasteiger partial charge >= 0.3 is 0 Å². The Labute approximate surface area is 107 Å². The molecule has 0 saturated heterocycles. The number of rotatable bonds is 4. The molecule has 0 saturated carbocycles. The van der Waals surface area contributed by atoms with Crippen molar-refractivity contribution in [1.29, 1.82) is 5.26 Å². The second-order valence-electron chi connectivity index (χ2n) is 4.10. The molecule has 0 aliphatic carbocycles. The second-order valence-corrected chi connectivity index (χ2v) is 4.10. The highest BCUT2D eigenvalue weighted by molar-refractivity contribution is 5.99. The highest BCUT2D eigenvalue weighted by Gasteiger charge is 2.19. The minimum Gasteiger partial charge on any atom is -0.293 e. The van der Waals surface area contributed by atoms with E-state index < -0.39 is 5.92 Å². The lowest BCUT2D eigenvalue weighted by atomic mass is 9.92. The Morgan fingerprint density at radius 2 is 1.56 bits per heavy atom. The van der Waals surface area contributed by atoms with E-state index in [1.54, 1.807) is 12.1 Å². The lowest BCUT2D eigenvalue weighted by molar-refractivity contribution is 0.0948. The maximum atomic E-state index is 12.2. The first-order chi connectivity index (χ1) is 8.81. The fraction of sp³-hybridized carbons (Fsp3) is 0.125. The normalized spacial score (nSPS) is 11.5. The van der Waals surface area contributed by atoms with Gasteiger partial charge in [0, 0.05) is 5.56 Å². The van der Waals surface area contributed by atoms with E-state index in [1.165, 1.54) is 0 Å². The molecule has 2 rings (SSSR count). The topological polar surface area (TPSA) is 40.9 Å². The van der Waals surface area contributed by atoms with Gasteiger partial charge < -0.3 is 0 Å². The number of Topliss-reactive ketones (excluding diaryl/α,β-unsaturated/α-hetero) is 1. The van der Waals surface area contributed by atoms with Gasteiger partial charge in [0.05, 0.1) is 6.07 Å². The molecule has 2 aromatic carbocycles. The van der Waals surface area contributed by atoms with Crippen molar-refractivity contribution in [2.45, 2.75) is 6.42 Å². The van der Waals surface area contributed by atoms with Gasteiger partial charge in [0.15, 0.2) is 5.78 Å². The molecule has 0 amide bonds. The zero-order valence-electron chi connectivity index (χ0n) is 9.91. The van der Waals surface area contributed by atoms with Crippen LogP contribution in [-0.4, -0.2) is 5.78 Å². The molecule has 2 nitrogen and oxygen atoms in total. The molecule has 0 N–H and O–H groups in total. The predicted octanol–water partition coefficient (Wildman–Crippen LogP) is 3.25. The molecule has 2 heteroatoms. The number of benzene rings is 2. The van der Waals surface area contributed by atoms with E-state index in [2.05, 4.69) is 6.07 Å². The maximum Gasteiger partial charge on any atom is 0.180 e. The third-order valence-corrected chi connectivity index (χ3v) is 2.81. The van der Waals surface area contributed by atoms with E-state index in [0.29, 0.717) is 12.0 Å². The van der Waals surface area contributed by atoms with Crippen LogP contribution in [0, 0.1) is 17.2 Å². The van der Waals surface area contributed by atoms with Crippen LogP contribution in [0.25, 0.3) is 0 Å². The molecular formula is C16H13NO. The summed E-state index contributed by atoms with van der Waals surface area (Å²) in [7, 11) is 0. The highest BCUT2D eigenvalue weighted by Crippen LogP contribution is 2.14. The van der Waals surface area contributed by atoms with Crippen molar-refractivity contribution in [3.63, 3.8) is 0 Å². The van der Waals surface area contributed by atoms with Crippen molar-refractivity contribution in [3.05, 3.63) is 71.8 Å². The van der Waals surface area contributed by atoms with Crippen LogP contribution in [0.15, 0.2) is 60.7 Å². The molecule has 0 fully saturated rings. The summed E-state index contributed by atoms with van der Waals surface area (Å²) in [5, 5.41) is 9.15. The van der Waals surface area contributed by atoms with Gasteiger partial charge in [-0.15, -0.1) is 0 Å². The van der Waals surface area contributed by atoms with E-state index in [0.717, 1.165) is 5.56 Å². The van der Waals surface area contributed by atoms with E-state index in [4.69, 9.17) is 5.26 Å². The maximum absolute atomic E-state index is 12.2. The number of carbonyl (C=O) groups is 1. The monoisotopic (exact) mass is 235 g/mol. The average molecular weight is 235 g/mol. The van der Waals surface area contributed by atoms with Crippen molar-refractivity contribution in [2.75, 3.05) is 0 Å². The third kappa shape index (κ3) is 2.83. The molecule has 1 atom stereocenters. The van der Waals surface area contributed by atoms with E-state index >= 15 is 0 Å². The molecule has 0 spiro atoms. The first kappa shape index (κ1) is 12.1. The molecular weight excluding hydrogens is 222 g/mol. The van der Waals surface area contributed by atoms with Gasteiger partial charge in [-0.05, 0) is 12.0 Å². The van der Waals surface area contributed by atoms with Gasteiger partial charge in [-0.2, -0.15) is 5.26 Å². The molecule has 1 unspecified atom stereocenters. The number of hydrogen-bond donors (Lipinski definition) is 0. The Balaban J connectivity index is 2.16. The summed E-state index contributed by atoms with van der Waals surface area (Å²) >= 11 is 0. The molecule has 2 aromatic rings. The minimum absolute atomic E-state index is 0.109. The van der Waals surface area contributed by atoms with E-state index in [9.17, 15) is 4.79 Å². The van der Waals surface area contributed by atoms with Gasteiger partial charge in [0.2, 0.25) is 0 Å². The number of hydrogen-bond acceptors (Lipinski definition) is 2. The lowest BCUT2D eigenvalue weighted by Gasteiger charge is -2.08. The third-order valence-electron chi connectivity index (χ3n) is 2.81.